The van der Waals surface area contributed by atoms with Gasteiger partial charge < -0.3 is 15.2 Å². The second kappa shape index (κ2) is 8.10. The van der Waals surface area contributed by atoms with Crippen LogP contribution in [0.3, 0.4) is 0 Å². The molecule has 2 aromatic rings. The van der Waals surface area contributed by atoms with Gasteiger partial charge in [-0.05, 0) is 35.4 Å². The average Bonchev–Trinajstić information content (AvgIpc) is 2.55. The number of hydrogen-bond acceptors (Lipinski definition) is 3. The third kappa shape index (κ3) is 5.08. The van der Waals surface area contributed by atoms with Crippen LogP contribution in [0, 0.1) is 5.82 Å². The lowest BCUT2D eigenvalue weighted by molar-refractivity contribution is -0.137. The monoisotopic (exact) mass is 331 g/mol. The Kier molecular flexibility index (Phi) is 5.89. The van der Waals surface area contributed by atoms with Crippen molar-refractivity contribution in [3.8, 4) is 5.75 Å². The van der Waals surface area contributed by atoms with E-state index in [2.05, 4.69) is 5.32 Å². The molecule has 0 aliphatic carbocycles. The standard InChI is InChI=1S/C18H18FNO4/c1-24-15-8-2-12(3-9-15)10-17(21)20-16(11-18(22)23)13-4-6-14(19)7-5-13/h2-9,16H,10-11H2,1H3,(H,20,21)(H,22,23)/t16-/m1/s1. The number of halogens is 1. The minimum Gasteiger partial charge on any atom is -0.497 e. The van der Waals surface area contributed by atoms with Crippen molar-refractivity contribution in [1.82, 2.24) is 5.32 Å². The highest BCUT2D eigenvalue weighted by Crippen LogP contribution is 2.18. The Morgan fingerprint density at radius 2 is 1.75 bits per heavy atom. The fourth-order valence-corrected chi connectivity index (χ4v) is 2.30. The minimum absolute atomic E-state index is 0.112. The van der Waals surface area contributed by atoms with E-state index in [-0.39, 0.29) is 18.7 Å². The van der Waals surface area contributed by atoms with E-state index in [1.54, 1.807) is 31.4 Å². The molecule has 24 heavy (non-hydrogen) atoms. The van der Waals surface area contributed by atoms with Gasteiger partial charge in [-0.25, -0.2) is 4.39 Å². The number of carbonyl (C=O) groups excluding carboxylic acids is 1. The molecule has 0 aliphatic heterocycles. The van der Waals surface area contributed by atoms with Gasteiger partial charge in [0.25, 0.3) is 0 Å². The summed E-state index contributed by atoms with van der Waals surface area (Å²) >= 11 is 0. The molecule has 0 spiro atoms. The van der Waals surface area contributed by atoms with E-state index in [1.807, 2.05) is 0 Å². The number of methoxy groups -OCH3 is 1. The van der Waals surface area contributed by atoms with Gasteiger partial charge in [-0.2, -0.15) is 0 Å². The highest BCUT2D eigenvalue weighted by molar-refractivity contribution is 5.80. The van der Waals surface area contributed by atoms with Gasteiger partial charge in [0, 0.05) is 0 Å². The molecule has 0 aromatic heterocycles. The van der Waals surface area contributed by atoms with Crippen molar-refractivity contribution in [2.75, 3.05) is 7.11 Å². The first-order valence-corrected chi connectivity index (χ1v) is 7.37. The summed E-state index contributed by atoms with van der Waals surface area (Å²) in [5.41, 5.74) is 1.32. The number of ether oxygens (including phenoxy) is 1. The second-order valence-electron chi connectivity index (χ2n) is 5.29. The smallest absolute Gasteiger partial charge is 0.305 e. The zero-order valence-corrected chi connectivity index (χ0v) is 13.2. The van der Waals surface area contributed by atoms with Gasteiger partial charge in [0.05, 0.1) is 26.0 Å². The van der Waals surface area contributed by atoms with Crippen molar-refractivity contribution in [3.05, 3.63) is 65.5 Å². The molecule has 126 valence electrons. The molecular weight excluding hydrogens is 313 g/mol. The van der Waals surface area contributed by atoms with Crippen molar-refractivity contribution >= 4 is 11.9 Å². The van der Waals surface area contributed by atoms with E-state index in [1.165, 1.54) is 24.3 Å². The maximum Gasteiger partial charge on any atom is 0.305 e. The summed E-state index contributed by atoms with van der Waals surface area (Å²) in [6, 6.07) is 11.7. The molecule has 1 amide bonds. The predicted molar refractivity (Wildman–Crippen MR) is 86.2 cm³/mol. The highest BCUT2D eigenvalue weighted by Gasteiger charge is 2.18. The van der Waals surface area contributed by atoms with Gasteiger partial charge in [-0.15, -0.1) is 0 Å². The third-order valence-corrected chi connectivity index (χ3v) is 3.51. The van der Waals surface area contributed by atoms with Gasteiger partial charge in [0.15, 0.2) is 0 Å². The number of carboxylic acids is 1. The van der Waals surface area contributed by atoms with Crippen molar-refractivity contribution in [3.63, 3.8) is 0 Å². The molecular formula is C18H18FNO4. The largest absolute Gasteiger partial charge is 0.497 e. The molecule has 2 N–H and O–H groups in total. The van der Waals surface area contributed by atoms with Gasteiger partial charge in [-0.1, -0.05) is 24.3 Å². The predicted octanol–water partition coefficient (Wildman–Crippen LogP) is 2.71. The fraction of sp³-hybridized carbons (Fsp3) is 0.222. The molecule has 0 saturated heterocycles. The Balaban J connectivity index is 2.05. The van der Waals surface area contributed by atoms with Crippen LogP contribution in [0.5, 0.6) is 5.75 Å². The highest BCUT2D eigenvalue weighted by atomic mass is 19.1. The van der Waals surface area contributed by atoms with Gasteiger partial charge in [0.2, 0.25) is 5.91 Å². The zero-order valence-electron chi connectivity index (χ0n) is 13.2. The lowest BCUT2D eigenvalue weighted by Gasteiger charge is -2.17. The summed E-state index contributed by atoms with van der Waals surface area (Å²) in [6.45, 7) is 0. The molecule has 0 bridgehead atoms. The first-order valence-electron chi connectivity index (χ1n) is 7.37. The van der Waals surface area contributed by atoms with Crippen LogP contribution in [0.1, 0.15) is 23.6 Å². The van der Waals surface area contributed by atoms with Crippen LogP contribution in [-0.2, 0) is 16.0 Å². The average molecular weight is 331 g/mol. The van der Waals surface area contributed by atoms with Crippen LogP contribution < -0.4 is 10.1 Å². The Bertz CT molecular complexity index is 698. The van der Waals surface area contributed by atoms with Gasteiger partial charge in [-0.3, -0.25) is 9.59 Å². The lowest BCUT2D eigenvalue weighted by atomic mass is 10.0. The molecule has 0 unspecified atom stereocenters. The first-order chi connectivity index (χ1) is 11.5. The number of hydrogen-bond donors (Lipinski definition) is 2. The summed E-state index contributed by atoms with van der Waals surface area (Å²) in [6.07, 6.45) is -0.165. The van der Waals surface area contributed by atoms with Crippen LogP contribution in [0.4, 0.5) is 4.39 Å². The summed E-state index contributed by atoms with van der Waals surface area (Å²) in [7, 11) is 1.56. The van der Waals surface area contributed by atoms with E-state index in [0.717, 1.165) is 5.56 Å². The molecule has 0 fully saturated rings. The van der Waals surface area contributed by atoms with E-state index >= 15 is 0 Å². The Morgan fingerprint density at radius 3 is 2.29 bits per heavy atom. The number of nitrogens with one attached hydrogen (secondary N) is 1. The Hall–Kier alpha value is -2.89. The van der Waals surface area contributed by atoms with E-state index < -0.39 is 17.8 Å². The van der Waals surface area contributed by atoms with Crippen molar-refractivity contribution < 1.29 is 23.8 Å². The summed E-state index contributed by atoms with van der Waals surface area (Å²) in [5.74, 6) is -1.09. The van der Waals surface area contributed by atoms with E-state index in [9.17, 15) is 14.0 Å². The maximum absolute atomic E-state index is 13.0. The SMILES string of the molecule is COc1ccc(CC(=O)N[C@H](CC(=O)O)c2ccc(F)cc2)cc1. The van der Waals surface area contributed by atoms with Crippen LogP contribution in [0.2, 0.25) is 0 Å². The Morgan fingerprint density at radius 1 is 1.12 bits per heavy atom. The molecule has 6 heteroatoms. The molecule has 0 radical (unpaired) electrons. The lowest BCUT2D eigenvalue weighted by Crippen LogP contribution is -2.31. The molecule has 5 nitrogen and oxygen atoms in total. The molecule has 0 aliphatic rings. The number of amides is 1. The van der Waals surface area contributed by atoms with E-state index in [4.69, 9.17) is 9.84 Å². The quantitative estimate of drug-likeness (QED) is 0.818. The van der Waals surface area contributed by atoms with Crippen molar-refractivity contribution in [1.29, 1.82) is 0 Å². The van der Waals surface area contributed by atoms with Crippen LogP contribution in [0.15, 0.2) is 48.5 Å². The van der Waals surface area contributed by atoms with Gasteiger partial charge in [0.1, 0.15) is 11.6 Å². The topological polar surface area (TPSA) is 75.6 Å². The zero-order chi connectivity index (χ0) is 17.5. The molecule has 2 rings (SSSR count). The number of rotatable bonds is 7. The molecule has 0 saturated carbocycles. The fourth-order valence-electron chi connectivity index (χ4n) is 2.30. The minimum atomic E-state index is -1.05. The summed E-state index contributed by atoms with van der Waals surface area (Å²) in [4.78, 5) is 23.2. The maximum atomic E-state index is 13.0. The number of benzene rings is 2. The number of carboxylic acid groups (broad SMARTS) is 1. The number of carbonyl (C=O) groups is 2. The summed E-state index contributed by atoms with van der Waals surface area (Å²) in [5, 5.41) is 11.7. The van der Waals surface area contributed by atoms with Crippen LogP contribution >= 0.6 is 0 Å². The summed E-state index contributed by atoms with van der Waals surface area (Å²) < 4.78 is 18.1. The molecule has 0 heterocycles. The second-order valence-corrected chi connectivity index (χ2v) is 5.29. The van der Waals surface area contributed by atoms with Crippen LogP contribution in [-0.4, -0.2) is 24.1 Å². The first kappa shape index (κ1) is 17.5. The van der Waals surface area contributed by atoms with Crippen LogP contribution in [0.25, 0.3) is 0 Å². The molecule has 2 aromatic carbocycles. The number of aliphatic carboxylic acids is 1. The third-order valence-electron chi connectivity index (χ3n) is 3.51. The van der Waals surface area contributed by atoms with E-state index in [0.29, 0.717) is 11.3 Å². The van der Waals surface area contributed by atoms with Crippen molar-refractivity contribution in [2.24, 2.45) is 0 Å². The Labute approximate surface area is 139 Å². The molecule has 1 atom stereocenters. The van der Waals surface area contributed by atoms with Crippen molar-refractivity contribution in [2.45, 2.75) is 18.9 Å². The van der Waals surface area contributed by atoms with Gasteiger partial charge >= 0.3 is 5.97 Å². The normalized spacial score (nSPS) is 11.6.